The Labute approximate surface area is 78.2 Å². The number of aliphatic hydroxyl groups is 1. The fourth-order valence-electron chi connectivity index (χ4n) is 1.44. The smallest absolute Gasteiger partial charge is 0.123 e. The van der Waals surface area contributed by atoms with Crippen molar-refractivity contribution in [2.24, 2.45) is 0 Å². The van der Waals surface area contributed by atoms with E-state index in [2.05, 4.69) is 0 Å². The Morgan fingerprint density at radius 2 is 2.15 bits per heavy atom. The largest absolute Gasteiger partial charge is 0.388 e. The molecule has 1 nitrogen and oxygen atoms in total. The van der Waals surface area contributed by atoms with E-state index in [9.17, 15) is 9.50 Å². The lowest BCUT2D eigenvalue weighted by atomic mass is 10.0. The third-order valence-corrected chi connectivity index (χ3v) is 2.15. The van der Waals surface area contributed by atoms with Gasteiger partial charge in [-0.3, -0.25) is 0 Å². The topological polar surface area (TPSA) is 20.2 Å². The Bertz CT molecular complexity index is 283. The first kappa shape index (κ1) is 10.2. The lowest BCUT2D eigenvalue weighted by molar-refractivity contribution is 0.165. The normalized spacial score (nSPS) is 12.9. The van der Waals surface area contributed by atoms with E-state index in [0.29, 0.717) is 0 Å². The van der Waals surface area contributed by atoms with Crippen molar-refractivity contribution in [3.05, 3.63) is 35.1 Å². The van der Waals surface area contributed by atoms with Gasteiger partial charge in [-0.25, -0.2) is 4.39 Å². The van der Waals surface area contributed by atoms with Gasteiger partial charge in [0.25, 0.3) is 0 Å². The van der Waals surface area contributed by atoms with E-state index in [4.69, 9.17) is 0 Å². The van der Waals surface area contributed by atoms with Gasteiger partial charge >= 0.3 is 0 Å². The van der Waals surface area contributed by atoms with Crippen LogP contribution in [0.5, 0.6) is 0 Å². The number of hydrogen-bond donors (Lipinski definition) is 1. The molecule has 1 aromatic rings. The maximum Gasteiger partial charge on any atom is 0.123 e. The Balaban J connectivity index is 2.88. The van der Waals surface area contributed by atoms with Crippen molar-refractivity contribution in [3.8, 4) is 0 Å². The summed E-state index contributed by atoms with van der Waals surface area (Å²) >= 11 is 0. The molecule has 0 amide bonds. The number of aryl methyl sites for hydroxylation is 1. The number of halogens is 1. The molecular formula is C11H15FO. The van der Waals surface area contributed by atoms with Gasteiger partial charge in [0.2, 0.25) is 0 Å². The Kier molecular flexibility index (Phi) is 3.43. The van der Waals surface area contributed by atoms with Crippen LogP contribution in [0.15, 0.2) is 18.2 Å². The Morgan fingerprint density at radius 1 is 1.46 bits per heavy atom. The molecule has 0 saturated carbocycles. The van der Waals surface area contributed by atoms with E-state index in [1.807, 2.05) is 13.8 Å². The van der Waals surface area contributed by atoms with Crippen LogP contribution in [-0.4, -0.2) is 5.11 Å². The zero-order valence-electron chi connectivity index (χ0n) is 8.05. The molecule has 0 fully saturated rings. The summed E-state index contributed by atoms with van der Waals surface area (Å²) < 4.78 is 12.7. The summed E-state index contributed by atoms with van der Waals surface area (Å²) in [5, 5.41) is 9.67. The van der Waals surface area contributed by atoms with Crippen molar-refractivity contribution < 1.29 is 9.50 Å². The number of aliphatic hydroxyl groups excluding tert-OH is 1. The molecule has 1 aromatic carbocycles. The highest BCUT2D eigenvalue weighted by Gasteiger charge is 2.09. The number of benzene rings is 1. The molecule has 1 N–H and O–H groups in total. The first-order chi connectivity index (χ1) is 6.15. The Morgan fingerprint density at radius 3 is 2.69 bits per heavy atom. The maximum atomic E-state index is 12.7. The van der Waals surface area contributed by atoms with Crippen molar-refractivity contribution in [2.45, 2.75) is 32.8 Å². The van der Waals surface area contributed by atoms with Gasteiger partial charge in [-0.15, -0.1) is 0 Å². The fraction of sp³-hybridized carbons (Fsp3) is 0.455. The van der Waals surface area contributed by atoms with E-state index in [1.165, 1.54) is 12.1 Å². The highest BCUT2D eigenvalue weighted by atomic mass is 19.1. The molecule has 0 aliphatic rings. The molecule has 0 aliphatic heterocycles. The van der Waals surface area contributed by atoms with Crippen molar-refractivity contribution in [2.75, 3.05) is 0 Å². The number of rotatable bonds is 3. The first-order valence-electron chi connectivity index (χ1n) is 4.59. The minimum Gasteiger partial charge on any atom is -0.388 e. The minimum absolute atomic E-state index is 0.245. The van der Waals surface area contributed by atoms with Gasteiger partial charge in [-0.2, -0.15) is 0 Å². The molecule has 72 valence electrons. The van der Waals surface area contributed by atoms with Crippen LogP contribution >= 0.6 is 0 Å². The summed E-state index contributed by atoms with van der Waals surface area (Å²) in [4.78, 5) is 0. The molecule has 0 heterocycles. The highest BCUT2D eigenvalue weighted by molar-refractivity contribution is 5.28. The van der Waals surface area contributed by atoms with E-state index in [1.54, 1.807) is 6.07 Å². The summed E-state index contributed by atoms with van der Waals surface area (Å²) in [5.41, 5.74) is 1.66. The van der Waals surface area contributed by atoms with E-state index in [-0.39, 0.29) is 5.82 Å². The summed E-state index contributed by atoms with van der Waals surface area (Å²) in [6, 6.07) is 4.50. The first-order valence-corrected chi connectivity index (χ1v) is 4.59. The van der Waals surface area contributed by atoms with Crippen LogP contribution < -0.4 is 0 Å². The monoisotopic (exact) mass is 182 g/mol. The molecule has 0 aromatic heterocycles. The quantitative estimate of drug-likeness (QED) is 0.762. The summed E-state index contributed by atoms with van der Waals surface area (Å²) in [6.07, 6.45) is 1.20. The summed E-state index contributed by atoms with van der Waals surface area (Å²) in [7, 11) is 0. The lowest BCUT2D eigenvalue weighted by Crippen LogP contribution is -1.99. The molecule has 0 bridgehead atoms. The van der Waals surface area contributed by atoms with Gasteiger partial charge in [-0.05, 0) is 36.6 Å². The van der Waals surface area contributed by atoms with Gasteiger partial charge < -0.3 is 5.11 Å². The molecule has 13 heavy (non-hydrogen) atoms. The highest BCUT2D eigenvalue weighted by Crippen LogP contribution is 2.22. The van der Waals surface area contributed by atoms with Crippen LogP contribution in [0.1, 0.15) is 37.0 Å². The van der Waals surface area contributed by atoms with Crippen LogP contribution in [0.25, 0.3) is 0 Å². The lowest BCUT2D eigenvalue weighted by Gasteiger charge is -2.12. The second-order valence-corrected chi connectivity index (χ2v) is 3.31. The van der Waals surface area contributed by atoms with Crippen LogP contribution in [0.2, 0.25) is 0 Å². The molecule has 1 rings (SSSR count). The molecule has 0 spiro atoms. The zero-order chi connectivity index (χ0) is 9.84. The summed E-state index contributed by atoms with van der Waals surface area (Å²) in [5.74, 6) is -0.245. The van der Waals surface area contributed by atoms with Crippen molar-refractivity contribution in [1.82, 2.24) is 0 Å². The third kappa shape index (κ3) is 2.52. The van der Waals surface area contributed by atoms with Gasteiger partial charge in [-0.1, -0.05) is 19.4 Å². The Hall–Kier alpha value is -0.890. The maximum absolute atomic E-state index is 12.7. The van der Waals surface area contributed by atoms with E-state index < -0.39 is 6.10 Å². The molecule has 0 saturated heterocycles. The van der Waals surface area contributed by atoms with Crippen LogP contribution in [0.4, 0.5) is 4.39 Å². The standard InChI is InChI=1S/C11H15FO/c1-3-4-11(13)10-6-5-9(12)7-8(10)2/h5-7,11,13H,3-4H2,1-2H3/t11-/m1/s1. The predicted octanol–water partition coefficient (Wildman–Crippen LogP) is 2.97. The minimum atomic E-state index is -0.453. The predicted molar refractivity (Wildman–Crippen MR) is 51.0 cm³/mol. The van der Waals surface area contributed by atoms with Crippen molar-refractivity contribution in [1.29, 1.82) is 0 Å². The molecule has 0 aliphatic carbocycles. The van der Waals surface area contributed by atoms with E-state index in [0.717, 1.165) is 24.0 Å². The zero-order valence-corrected chi connectivity index (χ0v) is 8.05. The molecular weight excluding hydrogens is 167 g/mol. The number of hydrogen-bond acceptors (Lipinski definition) is 1. The van der Waals surface area contributed by atoms with Gasteiger partial charge in [0.1, 0.15) is 5.82 Å². The van der Waals surface area contributed by atoms with Crippen LogP contribution in [-0.2, 0) is 0 Å². The van der Waals surface area contributed by atoms with Gasteiger partial charge in [0.05, 0.1) is 6.10 Å². The average Bonchev–Trinajstić information content (AvgIpc) is 2.04. The van der Waals surface area contributed by atoms with Gasteiger partial charge in [0.15, 0.2) is 0 Å². The van der Waals surface area contributed by atoms with Crippen LogP contribution in [0, 0.1) is 12.7 Å². The fourth-order valence-corrected chi connectivity index (χ4v) is 1.44. The second-order valence-electron chi connectivity index (χ2n) is 3.31. The molecule has 0 unspecified atom stereocenters. The van der Waals surface area contributed by atoms with Crippen molar-refractivity contribution in [3.63, 3.8) is 0 Å². The average molecular weight is 182 g/mol. The van der Waals surface area contributed by atoms with Crippen molar-refractivity contribution >= 4 is 0 Å². The van der Waals surface area contributed by atoms with E-state index >= 15 is 0 Å². The van der Waals surface area contributed by atoms with Gasteiger partial charge in [0, 0.05) is 0 Å². The molecule has 1 atom stereocenters. The summed E-state index contributed by atoms with van der Waals surface area (Å²) in [6.45, 7) is 3.83. The third-order valence-electron chi connectivity index (χ3n) is 2.15. The molecule has 0 radical (unpaired) electrons. The van der Waals surface area contributed by atoms with Crippen LogP contribution in [0.3, 0.4) is 0 Å². The SMILES string of the molecule is CCC[C@@H](O)c1ccc(F)cc1C. The second kappa shape index (κ2) is 4.38. The molecule has 2 heteroatoms.